The number of nitrogens with one attached hydrogen (secondary N) is 1. The van der Waals surface area contributed by atoms with Crippen LogP contribution in [0.25, 0.3) is 0 Å². The molecular formula is C12H7ClF3N. The van der Waals surface area contributed by atoms with Crippen molar-refractivity contribution in [3.8, 4) is 0 Å². The summed E-state index contributed by atoms with van der Waals surface area (Å²) in [5, 5.41) is 3.07. The summed E-state index contributed by atoms with van der Waals surface area (Å²) in [5.74, 6) is -3.99. The van der Waals surface area contributed by atoms with Gasteiger partial charge in [-0.1, -0.05) is 17.7 Å². The normalized spacial score (nSPS) is 10.4. The van der Waals surface area contributed by atoms with Crippen LogP contribution in [0.2, 0.25) is 5.02 Å². The molecule has 0 saturated heterocycles. The van der Waals surface area contributed by atoms with Crippen LogP contribution < -0.4 is 5.32 Å². The van der Waals surface area contributed by atoms with E-state index in [1.165, 1.54) is 0 Å². The van der Waals surface area contributed by atoms with Crippen LogP contribution in [0.1, 0.15) is 0 Å². The van der Waals surface area contributed by atoms with E-state index in [1.54, 1.807) is 24.3 Å². The van der Waals surface area contributed by atoms with E-state index in [0.29, 0.717) is 10.7 Å². The Morgan fingerprint density at radius 3 is 2.41 bits per heavy atom. The van der Waals surface area contributed by atoms with Crippen molar-refractivity contribution in [1.82, 2.24) is 0 Å². The van der Waals surface area contributed by atoms with Crippen molar-refractivity contribution in [2.75, 3.05) is 5.32 Å². The fraction of sp³-hybridized carbons (Fsp3) is 0. The largest absolute Gasteiger partial charge is 0.353 e. The van der Waals surface area contributed by atoms with Crippen LogP contribution in [-0.4, -0.2) is 0 Å². The first-order chi connectivity index (χ1) is 8.08. The molecule has 0 radical (unpaired) electrons. The zero-order valence-electron chi connectivity index (χ0n) is 8.48. The predicted molar refractivity (Wildman–Crippen MR) is 61.1 cm³/mol. The van der Waals surface area contributed by atoms with E-state index in [1.807, 2.05) is 0 Å². The minimum atomic E-state index is -1.50. The predicted octanol–water partition coefficient (Wildman–Crippen LogP) is 4.50. The molecule has 0 saturated carbocycles. The first kappa shape index (κ1) is 11.8. The summed E-state index contributed by atoms with van der Waals surface area (Å²) in [6, 6.07) is 8.45. The number of anilines is 2. The third-order valence-corrected chi connectivity index (χ3v) is 2.37. The van der Waals surface area contributed by atoms with E-state index in [-0.39, 0.29) is 5.69 Å². The number of halogens is 4. The van der Waals surface area contributed by atoms with Crippen LogP contribution >= 0.6 is 11.6 Å². The molecular weight excluding hydrogens is 251 g/mol. The van der Waals surface area contributed by atoms with E-state index in [9.17, 15) is 13.2 Å². The minimum absolute atomic E-state index is 0.147. The fourth-order valence-corrected chi connectivity index (χ4v) is 1.53. The molecule has 0 fully saturated rings. The Morgan fingerprint density at radius 2 is 1.71 bits per heavy atom. The van der Waals surface area contributed by atoms with E-state index < -0.39 is 17.5 Å². The molecule has 17 heavy (non-hydrogen) atoms. The lowest BCUT2D eigenvalue weighted by Gasteiger charge is -2.08. The van der Waals surface area contributed by atoms with Crippen LogP contribution in [0.15, 0.2) is 36.4 Å². The number of hydrogen-bond acceptors (Lipinski definition) is 1. The zero-order valence-corrected chi connectivity index (χ0v) is 9.23. The highest BCUT2D eigenvalue weighted by Gasteiger charge is 2.13. The van der Waals surface area contributed by atoms with Crippen molar-refractivity contribution in [2.24, 2.45) is 0 Å². The summed E-state index contributed by atoms with van der Waals surface area (Å²) in [7, 11) is 0. The van der Waals surface area contributed by atoms with Crippen LogP contribution in [0.3, 0.4) is 0 Å². The van der Waals surface area contributed by atoms with Gasteiger partial charge in [0.25, 0.3) is 0 Å². The average molecular weight is 258 g/mol. The van der Waals surface area contributed by atoms with E-state index in [4.69, 9.17) is 11.6 Å². The highest BCUT2D eigenvalue weighted by atomic mass is 35.5. The van der Waals surface area contributed by atoms with Gasteiger partial charge in [0.2, 0.25) is 0 Å². The second-order valence-electron chi connectivity index (χ2n) is 3.36. The monoisotopic (exact) mass is 257 g/mol. The molecule has 0 aliphatic carbocycles. The van der Waals surface area contributed by atoms with Crippen molar-refractivity contribution in [3.63, 3.8) is 0 Å². The summed E-state index contributed by atoms with van der Waals surface area (Å²) >= 11 is 5.74. The first-order valence-corrected chi connectivity index (χ1v) is 5.12. The highest BCUT2D eigenvalue weighted by Crippen LogP contribution is 2.24. The summed E-state index contributed by atoms with van der Waals surface area (Å²) in [6.07, 6.45) is 0. The van der Waals surface area contributed by atoms with E-state index in [2.05, 4.69) is 5.32 Å². The Hall–Kier alpha value is -1.68. The topological polar surface area (TPSA) is 12.0 Å². The molecule has 1 N–H and O–H groups in total. The zero-order chi connectivity index (χ0) is 12.4. The maximum absolute atomic E-state index is 13.3. The number of rotatable bonds is 2. The van der Waals surface area contributed by atoms with Gasteiger partial charge in [0.05, 0.1) is 5.69 Å². The van der Waals surface area contributed by atoms with Crippen LogP contribution in [0.4, 0.5) is 24.5 Å². The Kier molecular flexibility index (Phi) is 3.24. The average Bonchev–Trinajstić information content (AvgIpc) is 2.30. The number of hydrogen-bond donors (Lipinski definition) is 1. The molecule has 88 valence electrons. The van der Waals surface area contributed by atoms with Gasteiger partial charge in [0.15, 0.2) is 17.5 Å². The molecule has 0 amide bonds. The summed E-state index contributed by atoms with van der Waals surface area (Å²) in [6.45, 7) is 0. The van der Waals surface area contributed by atoms with E-state index >= 15 is 0 Å². The van der Waals surface area contributed by atoms with Gasteiger partial charge in [0, 0.05) is 10.7 Å². The highest BCUT2D eigenvalue weighted by molar-refractivity contribution is 6.30. The van der Waals surface area contributed by atoms with Crippen molar-refractivity contribution >= 4 is 23.0 Å². The lowest BCUT2D eigenvalue weighted by molar-refractivity contribution is 0.449. The van der Waals surface area contributed by atoms with Crippen LogP contribution in [-0.2, 0) is 0 Å². The maximum atomic E-state index is 13.3. The van der Waals surface area contributed by atoms with Gasteiger partial charge in [-0.3, -0.25) is 0 Å². The molecule has 2 rings (SSSR count). The van der Waals surface area contributed by atoms with Crippen molar-refractivity contribution < 1.29 is 13.2 Å². The fourth-order valence-electron chi connectivity index (χ4n) is 1.34. The minimum Gasteiger partial charge on any atom is -0.353 e. The Labute approximate surface area is 101 Å². The van der Waals surface area contributed by atoms with Gasteiger partial charge in [-0.15, -0.1) is 0 Å². The molecule has 5 heteroatoms. The van der Waals surface area contributed by atoms with Gasteiger partial charge < -0.3 is 5.32 Å². The van der Waals surface area contributed by atoms with Crippen molar-refractivity contribution in [2.45, 2.75) is 0 Å². The Bertz CT molecular complexity index is 557. The first-order valence-electron chi connectivity index (χ1n) is 4.74. The summed E-state index contributed by atoms with van der Waals surface area (Å²) < 4.78 is 39.0. The lowest BCUT2D eigenvalue weighted by atomic mass is 10.2. The van der Waals surface area contributed by atoms with Crippen molar-refractivity contribution in [1.29, 1.82) is 0 Å². The second-order valence-corrected chi connectivity index (χ2v) is 3.79. The Balaban J connectivity index is 2.34. The molecule has 2 aromatic carbocycles. The van der Waals surface area contributed by atoms with Crippen LogP contribution in [0.5, 0.6) is 0 Å². The number of benzene rings is 2. The smallest absolute Gasteiger partial charge is 0.196 e. The molecule has 0 aliphatic rings. The van der Waals surface area contributed by atoms with Gasteiger partial charge in [0.1, 0.15) is 0 Å². The standard InChI is InChI=1S/C12H7ClF3N/c13-7-2-1-3-8(6-7)17-10-5-4-9(14)11(15)12(10)16/h1-6,17H. The Morgan fingerprint density at radius 1 is 0.941 bits per heavy atom. The van der Waals surface area contributed by atoms with Gasteiger partial charge >= 0.3 is 0 Å². The molecule has 2 aromatic rings. The molecule has 0 spiro atoms. The third kappa shape index (κ3) is 2.53. The molecule has 0 heterocycles. The van der Waals surface area contributed by atoms with Gasteiger partial charge in [-0.05, 0) is 30.3 Å². The van der Waals surface area contributed by atoms with Gasteiger partial charge in [-0.2, -0.15) is 0 Å². The summed E-state index contributed by atoms with van der Waals surface area (Å²) in [4.78, 5) is 0. The second kappa shape index (κ2) is 4.67. The molecule has 0 aromatic heterocycles. The summed E-state index contributed by atoms with van der Waals surface area (Å²) in [5.41, 5.74) is 0.341. The third-order valence-electron chi connectivity index (χ3n) is 2.14. The quantitative estimate of drug-likeness (QED) is 0.781. The van der Waals surface area contributed by atoms with E-state index in [0.717, 1.165) is 12.1 Å². The van der Waals surface area contributed by atoms with Gasteiger partial charge in [-0.25, -0.2) is 13.2 Å². The molecule has 0 bridgehead atoms. The van der Waals surface area contributed by atoms with Crippen molar-refractivity contribution in [3.05, 3.63) is 58.9 Å². The SMILES string of the molecule is Fc1ccc(Nc2cccc(Cl)c2)c(F)c1F. The maximum Gasteiger partial charge on any atom is 0.196 e. The molecule has 0 aliphatic heterocycles. The molecule has 1 nitrogen and oxygen atoms in total. The molecule has 0 atom stereocenters. The lowest BCUT2D eigenvalue weighted by Crippen LogP contribution is -1.98. The van der Waals surface area contributed by atoms with Crippen LogP contribution in [0, 0.1) is 17.5 Å². The molecule has 0 unspecified atom stereocenters.